The van der Waals surface area contributed by atoms with E-state index in [9.17, 15) is 0 Å². The summed E-state index contributed by atoms with van der Waals surface area (Å²) in [6, 6.07) is 47.8. The Kier molecular flexibility index (Phi) is 10.3. The van der Waals surface area contributed by atoms with Crippen molar-refractivity contribution in [3.8, 4) is 0 Å². The molecule has 1 fully saturated rings. The third-order valence-corrected chi connectivity index (χ3v) is 9.77. The first kappa shape index (κ1) is 31.3. The molecule has 1 aliphatic rings. The van der Waals surface area contributed by atoms with Crippen LogP contribution in [0.25, 0.3) is 64.6 Å². The summed E-state index contributed by atoms with van der Waals surface area (Å²) in [5, 5.41) is 16.2. The molecule has 0 radical (unpaired) electrons. The van der Waals surface area contributed by atoms with Crippen LogP contribution in [0.4, 0.5) is 0 Å². The Balaban J connectivity index is 0.000000136. The molecule has 0 N–H and O–H groups in total. The molecule has 1 aliphatic carbocycles. The van der Waals surface area contributed by atoms with E-state index in [-0.39, 0.29) is 24.8 Å². The zero-order valence-corrected chi connectivity index (χ0v) is 28.0. The van der Waals surface area contributed by atoms with Crippen LogP contribution in [0.3, 0.4) is 0 Å². The molecule has 0 heterocycles. The number of hydrogen-bond donors (Lipinski definition) is 0. The summed E-state index contributed by atoms with van der Waals surface area (Å²) in [6.45, 7) is 0. The van der Waals surface area contributed by atoms with Crippen molar-refractivity contribution in [2.24, 2.45) is 0 Å². The quantitative estimate of drug-likeness (QED) is 0.149. The number of rotatable bonds is 0. The molecule has 0 atom stereocenters. The molecule has 8 aromatic rings. The number of benzene rings is 6. The van der Waals surface area contributed by atoms with Gasteiger partial charge in [0, 0.05) is 0 Å². The summed E-state index contributed by atoms with van der Waals surface area (Å²) in [5.41, 5.74) is 0. The van der Waals surface area contributed by atoms with Crippen molar-refractivity contribution in [2.75, 3.05) is 0 Å². The van der Waals surface area contributed by atoms with Crippen LogP contribution in [0.1, 0.15) is 32.1 Å². The minimum absolute atomic E-state index is 0. The molecular weight excluding hydrogens is 643 g/mol. The van der Waals surface area contributed by atoms with Crippen molar-refractivity contribution in [1.82, 2.24) is 0 Å². The van der Waals surface area contributed by atoms with E-state index in [2.05, 4.69) is 133 Å². The van der Waals surface area contributed by atoms with Crippen molar-refractivity contribution in [3.63, 3.8) is 0 Å². The Morgan fingerprint density at radius 3 is 1.02 bits per heavy atom. The van der Waals surface area contributed by atoms with Gasteiger partial charge >= 0.3 is 59.5 Å². The monoisotopic (exact) mass is 672 g/mol. The molecule has 0 saturated heterocycles. The van der Waals surface area contributed by atoms with Crippen LogP contribution in [-0.2, 0) is 24.2 Å². The fraction of sp³-hybridized carbons (Fsp3) is 0.125. The van der Waals surface area contributed by atoms with Crippen LogP contribution < -0.4 is 24.8 Å². The van der Waals surface area contributed by atoms with E-state index in [1.54, 1.807) is 27.4 Å². The van der Waals surface area contributed by atoms with E-state index in [0.29, 0.717) is 0 Å². The SMILES string of the molecule is [Cl-].[Cl-].[Zr+2]=[C]1CCCCC1.c1ccc2c(c1)c1cccc1c1[cH-]cccc21.c1ccc2c(c1)c1cccc1c1[cH-]cccc21. The fourth-order valence-corrected chi connectivity index (χ4v) is 7.44. The zero-order valence-electron chi connectivity index (χ0n) is 24.0. The van der Waals surface area contributed by atoms with Gasteiger partial charge in [-0.3, -0.25) is 0 Å². The molecule has 0 aliphatic heterocycles. The molecule has 43 heavy (non-hydrogen) atoms. The molecule has 0 aromatic heterocycles. The standard InChI is InChI=1S/2C17H11.C6H10.2ClH.Zr/c2*1-3-8-14-12(6-1)13-7-2-4-9-15(13)17-11-5-10-16(14)17;1-2-4-6-5-3-1;;;/h2*1-11H;1-5H2;2*1H;/q2*-1;;;;+2/p-2. The second-order valence-electron chi connectivity index (χ2n) is 11.1. The maximum Gasteiger partial charge on any atom is -0.0285 e. The summed E-state index contributed by atoms with van der Waals surface area (Å²) >= 11 is 1.69. The van der Waals surface area contributed by atoms with Gasteiger partial charge < -0.3 is 24.8 Å². The van der Waals surface area contributed by atoms with Crippen LogP contribution in [-0.4, -0.2) is 3.21 Å². The summed E-state index contributed by atoms with van der Waals surface area (Å²) in [5.74, 6) is 0. The molecule has 0 spiro atoms. The van der Waals surface area contributed by atoms with E-state index in [1.807, 2.05) is 0 Å². The van der Waals surface area contributed by atoms with E-state index >= 15 is 0 Å². The van der Waals surface area contributed by atoms with Crippen molar-refractivity contribution in [2.45, 2.75) is 32.1 Å². The molecule has 3 heteroatoms. The Morgan fingerprint density at radius 1 is 0.372 bits per heavy atom. The predicted molar refractivity (Wildman–Crippen MR) is 177 cm³/mol. The average Bonchev–Trinajstić information content (AvgIpc) is 3.74. The van der Waals surface area contributed by atoms with Crippen LogP contribution in [0.2, 0.25) is 0 Å². The summed E-state index contributed by atoms with van der Waals surface area (Å²) < 4.78 is 1.80. The van der Waals surface area contributed by atoms with Gasteiger partial charge in [0.25, 0.3) is 0 Å². The predicted octanol–water partition coefficient (Wildman–Crippen LogP) is 5.41. The van der Waals surface area contributed by atoms with E-state index in [0.717, 1.165) is 0 Å². The van der Waals surface area contributed by atoms with Gasteiger partial charge in [0.1, 0.15) is 0 Å². The number of hydrogen-bond acceptors (Lipinski definition) is 0. The Hall–Kier alpha value is -3.09. The first-order chi connectivity index (χ1) is 20.3. The molecule has 1 saturated carbocycles. The van der Waals surface area contributed by atoms with E-state index in [1.165, 1.54) is 96.7 Å². The normalized spacial score (nSPS) is 12.8. The Bertz CT molecular complexity index is 1870. The van der Waals surface area contributed by atoms with Crippen molar-refractivity contribution in [1.29, 1.82) is 0 Å². The Labute approximate surface area is 280 Å². The van der Waals surface area contributed by atoms with Gasteiger partial charge in [0.05, 0.1) is 0 Å². The topological polar surface area (TPSA) is 0 Å². The fourth-order valence-electron chi connectivity index (χ4n) is 6.57. The largest absolute Gasteiger partial charge is 0.145 e. The minimum atomic E-state index is 0. The maximum absolute atomic E-state index is 2.21. The molecule has 8 aromatic carbocycles. The molecule has 212 valence electrons. The summed E-state index contributed by atoms with van der Waals surface area (Å²) in [7, 11) is 0. The van der Waals surface area contributed by atoms with Crippen LogP contribution in [0.5, 0.6) is 0 Å². The van der Waals surface area contributed by atoms with Gasteiger partial charge in [-0.1, -0.05) is 117 Å². The summed E-state index contributed by atoms with van der Waals surface area (Å²) in [4.78, 5) is 0. The van der Waals surface area contributed by atoms with Gasteiger partial charge in [0.2, 0.25) is 0 Å². The molecule has 0 nitrogen and oxygen atoms in total. The van der Waals surface area contributed by atoms with Crippen LogP contribution >= 0.6 is 0 Å². The molecule has 0 unspecified atom stereocenters. The van der Waals surface area contributed by atoms with Crippen LogP contribution in [0.15, 0.2) is 133 Å². The smallest absolute Gasteiger partial charge is 0.0285 e. The first-order valence-corrected chi connectivity index (χ1v) is 16.0. The van der Waals surface area contributed by atoms with Gasteiger partial charge in [0.15, 0.2) is 0 Å². The Morgan fingerprint density at radius 2 is 0.674 bits per heavy atom. The molecule has 9 rings (SSSR count). The third kappa shape index (κ3) is 6.14. The second kappa shape index (κ2) is 14.1. The van der Waals surface area contributed by atoms with Crippen molar-refractivity contribution >= 4 is 67.8 Å². The first-order valence-electron chi connectivity index (χ1n) is 14.8. The molecular formula is C40H32Cl2Zr-2. The number of fused-ring (bicyclic) bond motifs is 12. The number of halogens is 2. The van der Waals surface area contributed by atoms with Crippen molar-refractivity contribution < 1.29 is 49.0 Å². The van der Waals surface area contributed by atoms with Gasteiger partial charge in [-0.25, -0.2) is 0 Å². The van der Waals surface area contributed by atoms with E-state index < -0.39 is 0 Å². The maximum atomic E-state index is 2.21. The summed E-state index contributed by atoms with van der Waals surface area (Å²) in [6.07, 6.45) is 7.32. The second-order valence-corrected chi connectivity index (χ2v) is 12.8. The van der Waals surface area contributed by atoms with E-state index in [4.69, 9.17) is 0 Å². The van der Waals surface area contributed by atoms with Gasteiger partial charge in [-0.15, -0.1) is 70.1 Å². The van der Waals surface area contributed by atoms with Gasteiger partial charge in [-0.05, 0) is 10.8 Å². The molecule has 0 amide bonds. The van der Waals surface area contributed by atoms with Crippen molar-refractivity contribution in [3.05, 3.63) is 133 Å². The van der Waals surface area contributed by atoms with Gasteiger partial charge in [-0.2, -0.15) is 0 Å². The average molecular weight is 675 g/mol. The third-order valence-electron chi connectivity index (χ3n) is 8.54. The minimum Gasteiger partial charge on any atom is -0.145 e. The zero-order chi connectivity index (χ0) is 27.6. The molecule has 0 bridgehead atoms. The van der Waals surface area contributed by atoms with Crippen LogP contribution in [0, 0.1) is 0 Å².